The third-order valence-electron chi connectivity index (χ3n) is 5.51. The van der Waals surface area contributed by atoms with Crippen LogP contribution in [0.3, 0.4) is 0 Å². The Morgan fingerprint density at radius 3 is 2.59 bits per heavy atom. The van der Waals surface area contributed by atoms with Gasteiger partial charge in [0.05, 0.1) is 19.6 Å². The van der Waals surface area contributed by atoms with Gasteiger partial charge in [0.1, 0.15) is 11.6 Å². The van der Waals surface area contributed by atoms with E-state index >= 15 is 0 Å². The zero-order chi connectivity index (χ0) is 21.0. The first-order chi connectivity index (χ1) is 13.9. The molecular weight excluding hydrogens is 369 g/mol. The van der Waals surface area contributed by atoms with Crippen LogP contribution in [0.25, 0.3) is 0 Å². The van der Waals surface area contributed by atoms with Crippen molar-refractivity contribution in [2.24, 2.45) is 0 Å². The Morgan fingerprint density at radius 2 is 1.90 bits per heavy atom. The van der Waals surface area contributed by atoms with Crippen LogP contribution in [-0.4, -0.2) is 51.1 Å². The Balaban J connectivity index is 1.72. The first-order valence-corrected chi connectivity index (χ1v) is 10.0. The second kappa shape index (κ2) is 9.27. The molecule has 29 heavy (non-hydrogen) atoms. The van der Waals surface area contributed by atoms with E-state index in [1.807, 2.05) is 38.1 Å². The van der Waals surface area contributed by atoms with Crippen molar-refractivity contribution in [1.82, 2.24) is 10.2 Å². The minimum absolute atomic E-state index is 0.100. The highest BCUT2D eigenvalue weighted by Gasteiger charge is 2.21. The topological polar surface area (TPSA) is 44.8 Å². The Hall–Kier alpha value is -2.60. The van der Waals surface area contributed by atoms with E-state index in [9.17, 15) is 9.18 Å². The Kier molecular flexibility index (Phi) is 6.75. The van der Waals surface area contributed by atoms with E-state index in [-0.39, 0.29) is 24.2 Å². The second-order valence-electron chi connectivity index (χ2n) is 7.76. The second-order valence-corrected chi connectivity index (χ2v) is 7.76. The summed E-state index contributed by atoms with van der Waals surface area (Å²) in [5.74, 6) is 0.380. The highest BCUT2D eigenvalue weighted by molar-refractivity contribution is 5.79. The number of rotatable bonds is 6. The first-order valence-electron chi connectivity index (χ1n) is 10.0. The van der Waals surface area contributed by atoms with E-state index in [1.165, 1.54) is 12.1 Å². The molecule has 0 saturated carbocycles. The number of benzene rings is 2. The molecule has 2 aromatic carbocycles. The number of methoxy groups -OCH3 is 1. The summed E-state index contributed by atoms with van der Waals surface area (Å²) >= 11 is 0. The maximum Gasteiger partial charge on any atom is 0.224 e. The number of hydrogen-bond acceptors (Lipinski definition) is 4. The van der Waals surface area contributed by atoms with Crippen molar-refractivity contribution < 1.29 is 13.9 Å². The lowest BCUT2D eigenvalue weighted by molar-refractivity contribution is -0.121. The van der Waals surface area contributed by atoms with Crippen molar-refractivity contribution in [1.29, 1.82) is 0 Å². The van der Waals surface area contributed by atoms with Gasteiger partial charge in [-0.15, -0.1) is 0 Å². The standard InChI is InChI=1S/C23H30FN3O2/c1-16-5-6-18(13-22(16)29-4)14-23(28)25-17(2)20-15-19(24)7-8-21(20)27-11-9-26(3)10-12-27/h5-8,13,15,17H,9-12,14H2,1-4H3,(H,25,28). The van der Waals surface area contributed by atoms with Crippen LogP contribution in [0, 0.1) is 12.7 Å². The molecule has 1 amide bonds. The maximum atomic E-state index is 14.0. The van der Waals surface area contributed by atoms with Gasteiger partial charge in [0.15, 0.2) is 0 Å². The van der Waals surface area contributed by atoms with Crippen LogP contribution in [-0.2, 0) is 11.2 Å². The fourth-order valence-corrected chi connectivity index (χ4v) is 3.74. The van der Waals surface area contributed by atoms with Gasteiger partial charge in [0, 0.05) is 37.4 Å². The summed E-state index contributed by atoms with van der Waals surface area (Å²) in [6.07, 6.45) is 0.250. The van der Waals surface area contributed by atoms with Crippen molar-refractivity contribution in [2.45, 2.75) is 26.3 Å². The van der Waals surface area contributed by atoms with Crippen LogP contribution in [0.2, 0.25) is 0 Å². The van der Waals surface area contributed by atoms with Gasteiger partial charge in [0.2, 0.25) is 5.91 Å². The number of hydrogen-bond donors (Lipinski definition) is 1. The van der Waals surface area contributed by atoms with Gasteiger partial charge in [-0.2, -0.15) is 0 Å². The molecule has 156 valence electrons. The number of carbonyl (C=O) groups excluding carboxylic acids is 1. The van der Waals surface area contributed by atoms with Gasteiger partial charge >= 0.3 is 0 Å². The molecular formula is C23H30FN3O2. The quantitative estimate of drug-likeness (QED) is 0.810. The molecule has 3 rings (SSSR count). The van der Waals surface area contributed by atoms with E-state index in [0.29, 0.717) is 0 Å². The molecule has 0 radical (unpaired) electrons. The van der Waals surface area contributed by atoms with E-state index in [2.05, 4.69) is 22.2 Å². The number of nitrogens with zero attached hydrogens (tertiary/aromatic N) is 2. The number of likely N-dealkylation sites (N-methyl/N-ethyl adjacent to an activating group) is 1. The summed E-state index contributed by atoms with van der Waals surface area (Å²) in [7, 11) is 3.73. The van der Waals surface area contributed by atoms with Gasteiger partial charge in [-0.1, -0.05) is 12.1 Å². The summed E-state index contributed by atoms with van der Waals surface area (Å²) in [5, 5.41) is 3.03. The van der Waals surface area contributed by atoms with Gasteiger partial charge in [0.25, 0.3) is 0 Å². The fourth-order valence-electron chi connectivity index (χ4n) is 3.74. The SMILES string of the molecule is COc1cc(CC(=O)NC(C)c2cc(F)ccc2N2CCN(C)CC2)ccc1C. The van der Waals surface area contributed by atoms with Gasteiger partial charge in [-0.25, -0.2) is 4.39 Å². The number of anilines is 1. The molecule has 1 fully saturated rings. The van der Waals surface area contributed by atoms with E-state index < -0.39 is 0 Å². The van der Waals surface area contributed by atoms with Gasteiger partial charge in [-0.05, 0) is 56.3 Å². The number of nitrogens with one attached hydrogen (secondary N) is 1. The molecule has 1 unspecified atom stereocenters. The maximum absolute atomic E-state index is 14.0. The summed E-state index contributed by atoms with van der Waals surface area (Å²) < 4.78 is 19.3. The van der Waals surface area contributed by atoms with Crippen molar-refractivity contribution in [3.05, 3.63) is 58.9 Å². The average molecular weight is 400 g/mol. The smallest absolute Gasteiger partial charge is 0.224 e. The molecule has 2 aromatic rings. The van der Waals surface area contributed by atoms with Gasteiger partial charge < -0.3 is 19.9 Å². The molecule has 1 aliphatic heterocycles. The third kappa shape index (κ3) is 5.26. The molecule has 5 nitrogen and oxygen atoms in total. The van der Waals surface area contributed by atoms with E-state index in [1.54, 1.807) is 7.11 Å². The van der Waals surface area contributed by atoms with Crippen LogP contribution in [0.5, 0.6) is 5.75 Å². The molecule has 6 heteroatoms. The molecule has 1 aliphatic rings. The predicted octanol–water partition coefficient (Wildman–Crippen LogP) is 3.31. The predicted molar refractivity (Wildman–Crippen MR) is 114 cm³/mol. The lowest BCUT2D eigenvalue weighted by Crippen LogP contribution is -2.45. The van der Waals surface area contributed by atoms with Crippen molar-refractivity contribution in [3.8, 4) is 5.75 Å². The molecule has 0 aromatic heterocycles. The number of carbonyl (C=O) groups is 1. The Bertz CT molecular complexity index is 863. The zero-order valence-corrected chi connectivity index (χ0v) is 17.7. The largest absolute Gasteiger partial charge is 0.496 e. The molecule has 1 atom stereocenters. The number of piperazine rings is 1. The normalized spacial score (nSPS) is 15.8. The minimum Gasteiger partial charge on any atom is -0.496 e. The lowest BCUT2D eigenvalue weighted by Gasteiger charge is -2.36. The number of aryl methyl sites for hydroxylation is 1. The third-order valence-corrected chi connectivity index (χ3v) is 5.51. The first kappa shape index (κ1) is 21.1. The Morgan fingerprint density at radius 1 is 1.17 bits per heavy atom. The highest BCUT2D eigenvalue weighted by Crippen LogP contribution is 2.28. The van der Waals surface area contributed by atoms with Crippen molar-refractivity contribution in [2.75, 3.05) is 45.2 Å². The molecule has 1 N–H and O–H groups in total. The highest BCUT2D eigenvalue weighted by atomic mass is 19.1. The van der Waals surface area contributed by atoms with Crippen LogP contribution in [0.1, 0.15) is 29.7 Å². The fraction of sp³-hybridized carbons (Fsp3) is 0.435. The summed E-state index contributed by atoms with van der Waals surface area (Å²) in [6, 6.07) is 10.3. The zero-order valence-electron chi connectivity index (χ0n) is 17.7. The molecule has 0 aliphatic carbocycles. The van der Waals surface area contributed by atoms with E-state index in [0.717, 1.165) is 54.3 Å². The van der Waals surface area contributed by atoms with Crippen molar-refractivity contribution >= 4 is 11.6 Å². The monoisotopic (exact) mass is 399 g/mol. The van der Waals surface area contributed by atoms with Crippen LogP contribution in [0.4, 0.5) is 10.1 Å². The lowest BCUT2D eigenvalue weighted by atomic mass is 10.0. The number of amides is 1. The number of ether oxygens (including phenoxy) is 1. The van der Waals surface area contributed by atoms with E-state index in [4.69, 9.17) is 4.74 Å². The minimum atomic E-state index is -0.291. The molecule has 1 saturated heterocycles. The number of halogens is 1. The molecule has 0 spiro atoms. The summed E-state index contributed by atoms with van der Waals surface area (Å²) in [5.41, 5.74) is 3.71. The Labute approximate surface area is 172 Å². The van der Waals surface area contributed by atoms with Crippen LogP contribution < -0.4 is 15.0 Å². The molecule has 0 bridgehead atoms. The van der Waals surface area contributed by atoms with Crippen molar-refractivity contribution in [3.63, 3.8) is 0 Å². The summed E-state index contributed by atoms with van der Waals surface area (Å²) in [6.45, 7) is 7.58. The van der Waals surface area contributed by atoms with Crippen LogP contribution in [0.15, 0.2) is 36.4 Å². The average Bonchev–Trinajstić information content (AvgIpc) is 2.70. The van der Waals surface area contributed by atoms with Gasteiger partial charge in [-0.3, -0.25) is 4.79 Å². The summed E-state index contributed by atoms with van der Waals surface area (Å²) in [4.78, 5) is 17.2. The van der Waals surface area contributed by atoms with Crippen LogP contribution >= 0.6 is 0 Å². The molecule has 1 heterocycles.